The molecule has 1 aromatic rings. The van der Waals surface area contributed by atoms with Gasteiger partial charge in [-0.05, 0) is 13.1 Å². The van der Waals surface area contributed by atoms with Crippen molar-refractivity contribution >= 4 is 12.1 Å². The van der Waals surface area contributed by atoms with Crippen LogP contribution in [0, 0.1) is 0 Å². The van der Waals surface area contributed by atoms with Crippen molar-refractivity contribution in [3.63, 3.8) is 0 Å². The van der Waals surface area contributed by atoms with E-state index in [4.69, 9.17) is 0 Å². The fourth-order valence-electron chi connectivity index (χ4n) is 2.02. The van der Waals surface area contributed by atoms with Gasteiger partial charge >= 0.3 is 0 Å². The van der Waals surface area contributed by atoms with Gasteiger partial charge in [0.2, 0.25) is 5.91 Å². The van der Waals surface area contributed by atoms with Crippen LogP contribution in [0.4, 0.5) is 0 Å². The molecule has 1 aliphatic rings. The van der Waals surface area contributed by atoms with Crippen LogP contribution >= 0.6 is 0 Å². The standard InChI is InChI=1S/C14H21N5O/c1-18-7-9-19(10-8-18)6-4-14(20)17-16-12-13-3-2-5-15-11-13/h2-3,5,11-12H,4,6-10H2,1H3,(H,17,20)/b16-12-. The van der Waals surface area contributed by atoms with E-state index in [0.29, 0.717) is 6.42 Å². The van der Waals surface area contributed by atoms with Crippen LogP contribution in [0.3, 0.4) is 0 Å². The van der Waals surface area contributed by atoms with E-state index < -0.39 is 0 Å². The van der Waals surface area contributed by atoms with E-state index in [-0.39, 0.29) is 5.91 Å². The van der Waals surface area contributed by atoms with Crippen molar-refractivity contribution in [2.45, 2.75) is 6.42 Å². The lowest BCUT2D eigenvalue weighted by molar-refractivity contribution is -0.121. The van der Waals surface area contributed by atoms with Crippen molar-refractivity contribution in [3.8, 4) is 0 Å². The summed E-state index contributed by atoms with van der Waals surface area (Å²) in [5.41, 5.74) is 3.41. The quantitative estimate of drug-likeness (QED) is 0.615. The van der Waals surface area contributed by atoms with E-state index in [2.05, 4.69) is 32.4 Å². The number of aromatic nitrogens is 1. The average molecular weight is 275 g/mol. The molecule has 6 heteroatoms. The van der Waals surface area contributed by atoms with Crippen molar-refractivity contribution in [1.82, 2.24) is 20.2 Å². The predicted molar refractivity (Wildman–Crippen MR) is 78.5 cm³/mol. The number of pyridine rings is 1. The van der Waals surface area contributed by atoms with Gasteiger partial charge in [-0.1, -0.05) is 6.07 Å². The molecule has 108 valence electrons. The summed E-state index contributed by atoms with van der Waals surface area (Å²) in [5, 5.41) is 3.93. The Labute approximate surface area is 119 Å². The molecular weight excluding hydrogens is 254 g/mol. The minimum absolute atomic E-state index is 0.0518. The molecule has 0 radical (unpaired) electrons. The summed E-state index contributed by atoms with van der Waals surface area (Å²) in [6.07, 6.45) is 5.47. The Kier molecular flexibility index (Phi) is 5.64. The normalized spacial score (nSPS) is 17.4. The molecule has 0 atom stereocenters. The minimum atomic E-state index is -0.0518. The van der Waals surface area contributed by atoms with Crippen molar-refractivity contribution < 1.29 is 4.79 Å². The van der Waals surface area contributed by atoms with E-state index in [0.717, 1.165) is 38.3 Å². The Morgan fingerprint density at radius 2 is 2.25 bits per heavy atom. The smallest absolute Gasteiger partial charge is 0.241 e. The molecule has 1 aliphatic heterocycles. The van der Waals surface area contributed by atoms with E-state index >= 15 is 0 Å². The van der Waals surface area contributed by atoms with Crippen LogP contribution in [0.1, 0.15) is 12.0 Å². The zero-order chi connectivity index (χ0) is 14.2. The first-order valence-corrected chi connectivity index (χ1v) is 6.87. The van der Waals surface area contributed by atoms with Gasteiger partial charge in [0.15, 0.2) is 0 Å². The molecular formula is C14H21N5O. The first-order valence-electron chi connectivity index (χ1n) is 6.87. The number of rotatable bonds is 5. The van der Waals surface area contributed by atoms with Gasteiger partial charge in [0.25, 0.3) is 0 Å². The second-order valence-electron chi connectivity index (χ2n) is 4.97. The summed E-state index contributed by atoms with van der Waals surface area (Å²) in [6.45, 7) is 5.00. The van der Waals surface area contributed by atoms with Crippen LogP contribution in [0.15, 0.2) is 29.6 Å². The van der Waals surface area contributed by atoms with Gasteiger partial charge < -0.3 is 9.80 Å². The minimum Gasteiger partial charge on any atom is -0.304 e. The lowest BCUT2D eigenvalue weighted by atomic mass is 10.3. The van der Waals surface area contributed by atoms with Crippen molar-refractivity contribution in [2.75, 3.05) is 39.8 Å². The fourth-order valence-corrected chi connectivity index (χ4v) is 2.02. The van der Waals surface area contributed by atoms with Gasteiger partial charge in [0.1, 0.15) is 0 Å². The first-order chi connectivity index (χ1) is 9.74. The van der Waals surface area contributed by atoms with Gasteiger partial charge in [-0.15, -0.1) is 0 Å². The van der Waals surface area contributed by atoms with E-state index in [1.54, 1.807) is 18.6 Å². The zero-order valence-corrected chi connectivity index (χ0v) is 11.8. The van der Waals surface area contributed by atoms with Crippen molar-refractivity contribution in [1.29, 1.82) is 0 Å². The fraction of sp³-hybridized carbons (Fsp3) is 0.500. The van der Waals surface area contributed by atoms with Crippen LogP contribution in [-0.2, 0) is 4.79 Å². The van der Waals surface area contributed by atoms with Crippen LogP contribution in [-0.4, -0.2) is 66.7 Å². The highest BCUT2D eigenvalue weighted by atomic mass is 16.2. The number of nitrogens with zero attached hydrogens (tertiary/aromatic N) is 4. The Hall–Kier alpha value is -1.79. The van der Waals surface area contributed by atoms with Gasteiger partial charge in [-0.2, -0.15) is 5.10 Å². The molecule has 0 aromatic carbocycles. The molecule has 6 nitrogen and oxygen atoms in total. The number of hydrazone groups is 1. The molecule has 0 aliphatic carbocycles. The number of nitrogens with one attached hydrogen (secondary N) is 1. The lowest BCUT2D eigenvalue weighted by Gasteiger charge is -2.32. The Bertz CT molecular complexity index is 440. The number of amides is 1. The van der Waals surface area contributed by atoms with Gasteiger partial charge in [0, 0.05) is 57.1 Å². The first kappa shape index (κ1) is 14.6. The molecule has 1 N–H and O–H groups in total. The summed E-state index contributed by atoms with van der Waals surface area (Å²) in [4.78, 5) is 20.2. The number of carbonyl (C=O) groups excluding carboxylic acids is 1. The zero-order valence-electron chi connectivity index (χ0n) is 11.8. The van der Waals surface area contributed by atoms with E-state index in [9.17, 15) is 4.79 Å². The Morgan fingerprint density at radius 3 is 2.95 bits per heavy atom. The highest BCUT2D eigenvalue weighted by molar-refractivity contribution is 5.81. The molecule has 1 aromatic heterocycles. The predicted octanol–water partition coefficient (Wildman–Crippen LogP) is 0.169. The third-order valence-corrected chi connectivity index (χ3v) is 3.34. The average Bonchev–Trinajstić information content (AvgIpc) is 2.48. The molecule has 1 fully saturated rings. The molecule has 20 heavy (non-hydrogen) atoms. The third kappa shape index (κ3) is 5.07. The SMILES string of the molecule is CN1CCN(CCC(=O)N/N=C\c2cccnc2)CC1. The highest BCUT2D eigenvalue weighted by Crippen LogP contribution is 1.99. The van der Waals surface area contributed by atoms with Crippen LogP contribution < -0.4 is 5.43 Å². The van der Waals surface area contributed by atoms with Gasteiger partial charge in [0.05, 0.1) is 6.21 Å². The van der Waals surface area contributed by atoms with E-state index in [1.807, 2.05) is 12.1 Å². The Balaban J connectivity index is 1.64. The highest BCUT2D eigenvalue weighted by Gasteiger charge is 2.14. The number of hydrogen-bond acceptors (Lipinski definition) is 5. The maximum Gasteiger partial charge on any atom is 0.241 e. The molecule has 0 bridgehead atoms. The summed E-state index contributed by atoms with van der Waals surface area (Å²) in [5.74, 6) is -0.0518. The number of carbonyl (C=O) groups is 1. The molecule has 0 unspecified atom stereocenters. The van der Waals surface area contributed by atoms with Crippen LogP contribution in [0.5, 0.6) is 0 Å². The van der Waals surface area contributed by atoms with E-state index in [1.165, 1.54) is 0 Å². The summed E-state index contributed by atoms with van der Waals surface area (Å²) < 4.78 is 0. The second kappa shape index (κ2) is 7.72. The van der Waals surface area contributed by atoms with Crippen LogP contribution in [0.25, 0.3) is 0 Å². The molecule has 1 saturated heterocycles. The molecule has 0 spiro atoms. The van der Waals surface area contributed by atoms with Crippen LogP contribution in [0.2, 0.25) is 0 Å². The number of piperazine rings is 1. The lowest BCUT2D eigenvalue weighted by Crippen LogP contribution is -2.45. The maximum atomic E-state index is 11.7. The maximum absolute atomic E-state index is 11.7. The monoisotopic (exact) mass is 275 g/mol. The van der Waals surface area contributed by atoms with Crippen molar-refractivity contribution in [3.05, 3.63) is 30.1 Å². The Morgan fingerprint density at radius 1 is 1.45 bits per heavy atom. The molecule has 2 heterocycles. The van der Waals surface area contributed by atoms with Gasteiger partial charge in [-0.3, -0.25) is 9.78 Å². The summed E-state index contributed by atoms with van der Waals surface area (Å²) in [6, 6.07) is 3.71. The summed E-state index contributed by atoms with van der Waals surface area (Å²) >= 11 is 0. The number of hydrogen-bond donors (Lipinski definition) is 1. The third-order valence-electron chi connectivity index (χ3n) is 3.34. The second-order valence-corrected chi connectivity index (χ2v) is 4.97. The molecule has 2 rings (SSSR count). The summed E-state index contributed by atoms with van der Waals surface area (Å²) in [7, 11) is 2.12. The molecule has 0 saturated carbocycles. The largest absolute Gasteiger partial charge is 0.304 e. The topological polar surface area (TPSA) is 60.8 Å². The molecule has 1 amide bonds. The van der Waals surface area contributed by atoms with Gasteiger partial charge in [-0.25, -0.2) is 5.43 Å². The van der Waals surface area contributed by atoms with Crippen molar-refractivity contribution in [2.24, 2.45) is 5.10 Å². The number of likely N-dealkylation sites (N-methyl/N-ethyl adjacent to an activating group) is 1.